The van der Waals surface area contributed by atoms with E-state index in [-0.39, 0.29) is 11.9 Å². The van der Waals surface area contributed by atoms with Crippen molar-refractivity contribution in [3.05, 3.63) is 69.8 Å². The highest BCUT2D eigenvalue weighted by Crippen LogP contribution is 2.44. The molecule has 1 aliphatic carbocycles. The van der Waals surface area contributed by atoms with Gasteiger partial charge in [-0.2, -0.15) is 0 Å². The highest BCUT2D eigenvalue weighted by molar-refractivity contribution is 14.1. The molecule has 0 heterocycles. The van der Waals surface area contributed by atoms with E-state index in [0.717, 1.165) is 0 Å². The van der Waals surface area contributed by atoms with Crippen molar-refractivity contribution >= 4 is 28.6 Å². The van der Waals surface area contributed by atoms with Gasteiger partial charge in [-0.15, -0.1) is 0 Å². The van der Waals surface area contributed by atoms with Crippen LogP contribution < -0.4 is 0 Å². The van der Waals surface area contributed by atoms with Crippen molar-refractivity contribution in [2.24, 2.45) is 0 Å². The van der Waals surface area contributed by atoms with E-state index in [2.05, 4.69) is 30.8 Å². The minimum atomic E-state index is -0.340. The highest BCUT2D eigenvalue weighted by atomic mass is 127. The standard InChI is InChI=1S/C17H13IO2/c1-11(18)17(19)20-10-16-14-8-4-2-6-12(14)13-7-3-5-9-15(13)16/h2-9,16H,1,10H2. The molecular formula is C17H13IO2. The summed E-state index contributed by atoms with van der Waals surface area (Å²) in [6, 6.07) is 16.6. The van der Waals surface area contributed by atoms with Gasteiger partial charge in [-0.25, -0.2) is 4.79 Å². The number of esters is 1. The molecule has 1 aliphatic rings. The first-order valence-corrected chi connectivity index (χ1v) is 7.46. The van der Waals surface area contributed by atoms with Crippen molar-refractivity contribution in [3.63, 3.8) is 0 Å². The smallest absolute Gasteiger partial charge is 0.343 e. The lowest BCUT2D eigenvalue weighted by molar-refractivity contribution is -0.138. The van der Waals surface area contributed by atoms with Gasteiger partial charge in [-0.05, 0) is 44.8 Å². The quantitative estimate of drug-likeness (QED) is 0.454. The number of carbonyl (C=O) groups excluding carboxylic acids is 1. The van der Waals surface area contributed by atoms with E-state index in [1.807, 2.05) is 46.9 Å². The molecule has 0 fully saturated rings. The second kappa shape index (κ2) is 5.40. The minimum absolute atomic E-state index is 0.113. The van der Waals surface area contributed by atoms with Crippen molar-refractivity contribution < 1.29 is 9.53 Å². The third-order valence-corrected chi connectivity index (χ3v) is 4.01. The maximum atomic E-state index is 11.6. The van der Waals surface area contributed by atoms with E-state index in [9.17, 15) is 4.79 Å². The van der Waals surface area contributed by atoms with Crippen LogP contribution in [0.4, 0.5) is 0 Å². The fourth-order valence-electron chi connectivity index (χ4n) is 2.68. The second-order valence-corrected chi connectivity index (χ2v) is 6.03. The first-order chi connectivity index (χ1) is 9.68. The van der Waals surface area contributed by atoms with Crippen LogP contribution in [0.15, 0.2) is 58.7 Å². The maximum Gasteiger partial charge on any atom is 0.343 e. The Kier molecular flexibility index (Phi) is 3.61. The summed E-state index contributed by atoms with van der Waals surface area (Å²) in [6.45, 7) is 3.96. The van der Waals surface area contributed by atoms with Crippen LogP contribution in [0.25, 0.3) is 11.1 Å². The van der Waals surface area contributed by atoms with Gasteiger partial charge in [0.25, 0.3) is 0 Å². The first-order valence-electron chi connectivity index (χ1n) is 6.38. The van der Waals surface area contributed by atoms with Crippen molar-refractivity contribution in [2.45, 2.75) is 5.92 Å². The Morgan fingerprint density at radius 3 is 2.05 bits per heavy atom. The monoisotopic (exact) mass is 376 g/mol. The van der Waals surface area contributed by atoms with E-state index < -0.39 is 0 Å². The summed E-state index contributed by atoms with van der Waals surface area (Å²) >= 11 is 1.89. The minimum Gasteiger partial charge on any atom is -0.461 e. The Labute approximate surface area is 131 Å². The molecule has 2 aromatic carbocycles. The number of halogens is 1. The molecule has 0 aromatic heterocycles. The van der Waals surface area contributed by atoms with Gasteiger partial charge < -0.3 is 4.74 Å². The number of hydrogen-bond donors (Lipinski definition) is 0. The van der Waals surface area contributed by atoms with Crippen molar-refractivity contribution in [2.75, 3.05) is 6.61 Å². The van der Waals surface area contributed by atoms with E-state index >= 15 is 0 Å². The van der Waals surface area contributed by atoms with E-state index in [1.54, 1.807) is 0 Å². The van der Waals surface area contributed by atoms with Gasteiger partial charge >= 0.3 is 5.97 Å². The number of fused-ring (bicyclic) bond motifs is 3. The normalized spacial score (nSPS) is 12.7. The summed E-state index contributed by atoms with van der Waals surface area (Å²) in [5.41, 5.74) is 4.91. The average molecular weight is 376 g/mol. The SMILES string of the molecule is C=C(I)C(=O)OCC1c2ccccc2-c2ccccc21. The van der Waals surface area contributed by atoms with Crippen LogP contribution in [0.2, 0.25) is 0 Å². The van der Waals surface area contributed by atoms with E-state index in [1.165, 1.54) is 22.3 Å². The molecule has 0 radical (unpaired) electrons. The number of benzene rings is 2. The van der Waals surface area contributed by atoms with Crippen molar-refractivity contribution in [3.8, 4) is 11.1 Å². The van der Waals surface area contributed by atoms with Crippen LogP contribution in [0.3, 0.4) is 0 Å². The predicted molar refractivity (Wildman–Crippen MR) is 87.8 cm³/mol. The lowest BCUT2D eigenvalue weighted by Gasteiger charge is -2.13. The topological polar surface area (TPSA) is 26.3 Å². The zero-order valence-electron chi connectivity index (χ0n) is 10.8. The zero-order valence-corrected chi connectivity index (χ0v) is 13.0. The summed E-state index contributed by atoms with van der Waals surface area (Å²) in [7, 11) is 0. The Morgan fingerprint density at radius 1 is 1.05 bits per heavy atom. The van der Waals surface area contributed by atoms with Gasteiger partial charge in [0.1, 0.15) is 6.61 Å². The van der Waals surface area contributed by atoms with Gasteiger partial charge in [0.15, 0.2) is 0 Å². The molecular weight excluding hydrogens is 363 g/mol. The molecule has 0 N–H and O–H groups in total. The molecule has 20 heavy (non-hydrogen) atoms. The van der Waals surface area contributed by atoms with E-state index in [0.29, 0.717) is 10.2 Å². The van der Waals surface area contributed by atoms with Crippen molar-refractivity contribution in [1.82, 2.24) is 0 Å². The largest absolute Gasteiger partial charge is 0.461 e. The molecule has 3 rings (SSSR count). The van der Waals surface area contributed by atoms with Gasteiger partial charge in [0.05, 0.1) is 3.58 Å². The summed E-state index contributed by atoms with van der Waals surface area (Å²) < 4.78 is 5.76. The van der Waals surface area contributed by atoms with E-state index in [4.69, 9.17) is 4.74 Å². The lowest BCUT2D eigenvalue weighted by atomic mass is 9.98. The number of ether oxygens (including phenoxy) is 1. The zero-order chi connectivity index (χ0) is 14.1. The number of rotatable bonds is 3. The molecule has 0 amide bonds. The lowest BCUT2D eigenvalue weighted by Crippen LogP contribution is -2.12. The first kappa shape index (κ1) is 13.4. The van der Waals surface area contributed by atoms with Gasteiger partial charge in [-0.3, -0.25) is 0 Å². The van der Waals surface area contributed by atoms with Gasteiger partial charge in [-0.1, -0.05) is 55.1 Å². The highest BCUT2D eigenvalue weighted by Gasteiger charge is 2.28. The van der Waals surface area contributed by atoms with Crippen LogP contribution in [0.1, 0.15) is 17.0 Å². The van der Waals surface area contributed by atoms with Gasteiger partial charge in [0.2, 0.25) is 0 Å². The fraction of sp³-hybridized carbons (Fsp3) is 0.118. The molecule has 0 unspecified atom stereocenters. The molecule has 0 bridgehead atoms. The number of hydrogen-bond acceptors (Lipinski definition) is 2. The van der Waals surface area contributed by atoms with Crippen LogP contribution >= 0.6 is 22.6 Å². The second-order valence-electron chi connectivity index (χ2n) is 4.73. The Bertz CT molecular complexity index is 645. The predicted octanol–water partition coefficient (Wildman–Crippen LogP) is 4.29. The summed E-state index contributed by atoms with van der Waals surface area (Å²) in [5.74, 6) is -0.227. The molecule has 2 nitrogen and oxygen atoms in total. The fourth-order valence-corrected chi connectivity index (χ4v) is 2.83. The summed E-state index contributed by atoms with van der Waals surface area (Å²) in [5, 5.41) is 0. The molecule has 100 valence electrons. The van der Waals surface area contributed by atoms with Crippen LogP contribution in [-0.2, 0) is 9.53 Å². The molecule has 0 saturated carbocycles. The van der Waals surface area contributed by atoms with Crippen molar-refractivity contribution in [1.29, 1.82) is 0 Å². The summed E-state index contributed by atoms with van der Waals surface area (Å²) in [6.07, 6.45) is 0. The Balaban J connectivity index is 1.95. The Morgan fingerprint density at radius 2 is 1.55 bits per heavy atom. The maximum absolute atomic E-state index is 11.6. The van der Waals surface area contributed by atoms with Crippen LogP contribution in [0.5, 0.6) is 0 Å². The molecule has 0 spiro atoms. The third-order valence-electron chi connectivity index (χ3n) is 3.57. The molecule has 0 aliphatic heterocycles. The number of carbonyl (C=O) groups is 1. The summed E-state index contributed by atoms with van der Waals surface area (Å²) in [4.78, 5) is 11.6. The molecule has 2 aromatic rings. The van der Waals surface area contributed by atoms with Crippen LogP contribution in [-0.4, -0.2) is 12.6 Å². The molecule has 0 saturated heterocycles. The average Bonchev–Trinajstić information content (AvgIpc) is 2.79. The Hall–Kier alpha value is -1.62. The third kappa shape index (κ3) is 2.26. The van der Waals surface area contributed by atoms with Crippen LogP contribution in [0, 0.1) is 0 Å². The molecule has 0 atom stereocenters. The van der Waals surface area contributed by atoms with Gasteiger partial charge in [0, 0.05) is 5.92 Å². The molecule has 3 heteroatoms.